The average Bonchev–Trinajstić information content (AvgIpc) is 3.07. The number of amides is 1. The molecule has 0 bridgehead atoms. The molecule has 1 amide bonds. The van der Waals surface area contributed by atoms with E-state index in [0.717, 1.165) is 17.7 Å². The van der Waals surface area contributed by atoms with E-state index >= 15 is 0 Å². The Hall–Kier alpha value is -2.66. The third-order valence-electron chi connectivity index (χ3n) is 3.63. The number of fused-ring (bicyclic) bond motifs is 1. The fourth-order valence-electron chi connectivity index (χ4n) is 2.38. The van der Waals surface area contributed by atoms with Gasteiger partial charge in [-0.05, 0) is 41.5 Å². The van der Waals surface area contributed by atoms with Gasteiger partial charge in [-0.25, -0.2) is 0 Å². The van der Waals surface area contributed by atoms with Crippen LogP contribution in [0.25, 0.3) is 6.08 Å². The van der Waals surface area contributed by atoms with E-state index in [-0.39, 0.29) is 5.91 Å². The molecule has 0 aliphatic carbocycles. The van der Waals surface area contributed by atoms with Crippen LogP contribution in [0.5, 0.6) is 11.5 Å². The Morgan fingerprint density at radius 2 is 2.17 bits per heavy atom. The number of ether oxygens (including phenoxy) is 2. The number of anilines is 1. The number of halogens is 1. The smallest absolute Gasteiger partial charge is 0.262 e. The lowest BCUT2D eigenvalue weighted by molar-refractivity contribution is -0.115. The van der Waals surface area contributed by atoms with Crippen LogP contribution >= 0.6 is 11.6 Å². The van der Waals surface area contributed by atoms with Crippen LogP contribution in [0, 0.1) is 0 Å². The van der Waals surface area contributed by atoms with Crippen molar-refractivity contribution in [2.45, 2.75) is 6.42 Å². The second-order valence-electron chi connectivity index (χ2n) is 5.26. The van der Waals surface area contributed by atoms with Crippen molar-refractivity contribution in [2.24, 2.45) is 0 Å². The average molecular weight is 345 g/mol. The summed E-state index contributed by atoms with van der Waals surface area (Å²) in [5.74, 6) is 1.28. The molecular formula is C18H17ClN2O3. The van der Waals surface area contributed by atoms with Gasteiger partial charge in [0.1, 0.15) is 11.5 Å². The van der Waals surface area contributed by atoms with Gasteiger partial charge < -0.3 is 9.47 Å². The highest BCUT2D eigenvalue weighted by Crippen LogP contribution is 2.27. The largest absolute Gasteiger partial charge is 0.497 e. The van der Waals surface area contributed by atoms with E-state index in [2.05, 4.69) is 10.9 Å². The van der Waals surface area contributed by atoms with Crippen LogP contribution in [0.4, 0.5) is 5.69 Å². The van der Waals surface area contributed by atoms with Crippen LogP contribution in [0.15, 0.2) is 42.5 Å². The van der Waals surface area contributed by atoms with E-state index in [9.17, 15) is 4.79 Å². The predicted octanol–water partition coefficient (Wildman–Crippen LogP) is 3.44. The van der Waals surface area contributed by atoms with Crippen molar-refractivity contribution < 1.29 is 14.3 Å². The van der Waals surface area contributed by atoms with E-state index in [1.807, 2.05) is 18.2 Å². The molecule has 2 N–H and O–H groups in total. The standard InChI is InChI=1S/C18H17ClN2O3/c1-23-14-4-5-15(19)16(11-14)20-21-18(22)7-3-12-2-6-17-13(10-12)8-9-24-17/h2-7,10-11,20H,8-9H2,1H3,(H,21,22)/b7-3+. The zero-order chi connectivity index (χ0) is 16.9. The first-order valence-electron chi connectivity index (χ1n) is 7.49. The van der Waals surface area contributed by atoms with Crippen molar-refractivity contribution in [3.8, 4) is 11.5 Å². The zero-order valence-electron chi connectivity index (χ0n) is 13.1. The minimum Gasteiger partial charge on any atom is -0.497 e. The van der Waals surface area contributed by atoms with Crippen LogP contribution in [0.1, 0.15) is 11.1 Å². The van der Waals surface area contributed by atoms with Gasteiger partial charge in [0.25, 0.3) is 5.91 Å². The summed E-state index contributed by atoms with van der Waals surface area (Å²) < 4.78 is 10.6. The van der Waals surface area contributed by atoms with Crippen LogP contribution in [0.2, 0.25) is 5.02 Å². The predicted molar refractivity (Wildman–Crippen MR) is 94.4 cm³/mol. The Morgan fingerprint density at radius 1 is 1.29 bits per heavy atom. The lowest BCUT2D eigenvalue weighted by Gasteiger charge is -2.10. The Morgan fingerprint density at radius 3 is 3.00 bits per heavy atom. The fourth-order valence-corrected chi connectivity index (χ4v) is 2.54. The van der Waals surface area contributed by atoms with E-state index in [1.165, 1.54) is 11.6 Å². The van der Waals surface area contributed by atoms with Crippen molar-refractivity contribution in [3.05, 3.63) is 58.6 Å². The van der Waals surface area contributed by atoms with Gasteiger partial charge in [0, 0.05) is 18.6 Å². The molecule has 5 nitrogen and oxygen atoms in total. The number of benzene rings is 2. The quantitative estimate of drug-likeness (QED) is 0.644. The highest BCUT2D eigenvalue weighted by Gasteiger charge is 2.11. The maximum absolute atomic E-state index is 11.9. The van der Waals surface area contributed by atoms with Crippen LogP contribution in [0.3, 0.4) is 0 Å². The van der Waals surface area contributed by atoms with Crippen LogP contribution in [-0.4, -0.2) is 19.6 Å². The molecule has 124 valence electrons. The van der Waals surface area contributed by atoms with E-state index in [4.69, 9.17) is 21.1 Å². The minimum atomic E-state index is -0.286. The molecule has 0 aromatic heterocycles. The Balaban J connectivity index is 1.59. The second-order valence-corrected chi connectivity index (χ2v) is 5.67. The normalized spacial score (nSPS) is 12.6. The molecule has 0 saturated carbocycles. The summed E-state index contributed by atoms with van der Waals surface area (Å²) in [7, 11) is 1.57. The van der Waals surface area contributed by atoms with Gasteiger partial charge in [-0.15, -0.1) is 0 Å². The summed E-state index contributed by atoms with van der Waals surface area (Å²) >= 11 is 6.06. The fraction of sp³-hybridized carbons (Fsp3) is 0.167. The number of rotatable bonds is 5. The number of carbonyl (C=O) groups excluding carboxylic acids is 1. The summed E-state index contributed by atoms with van der Waals surface area (Å²) in [6.45, 7) is 0.716. The van der Waals surface area contributed by atoms with Gasteiger partial charge in [-0.1, -0.05) is 17.7 Å². The first kappa shape index (κ1) is 16.2. The Bertz CT molecular complexity index is 790. The third-order valence-corrected chi connectivity index (χ3v) is 3.96. The van der Waals surface area contributed by atoms with E-state index in [1.54, 1.807) is 31.4 Å². The van der Waals surface area contributed by atoms with Crippen molar-refractivity contribution in [1.82, 2.24) is 5.43 Å². The van der Waals surface area contributed by atoms with Gasteiger partial charge >= 0.3 is 0 Å². The van der Waals surface area contributed by atoms with E-state index < -0.39 is 0 Å². The minimum absolute atomic E-state index is 0.286. The van der Waals surface area contributed by atoms with Crippen molar-refractivity contribution in [3.63, 3.8) is 0 Å². The Kier molecular flexibility index (Phi) is 4.91. The molecule has 24 heavy (non-hydrogen) atoms. The van der Waals surface area contributed by atoms with Gasteiger partial charge in [-0.2, -0.15) is 0 Å². The highest BCUT2D eigenvalue weighted by molar-refractivity contribution is 6.33. The van der Waals surface area contributed by atoms with Crippen LogP contribution < -0.4 is 20.3 Å². The number of hydrazine groups is 1. The third kappa shape index (κ3) is 3.81. The van der Waals surface area contributed by atoms with Gasteiger partial charge in [0.15, 0.2) is 0 Å². The first-order valence-corrected chi connectivity index (χ1v) is 7.87. The maximum atomic E-state index is 11.9. The summed E-state index contributed by atoms with van der Waals surface area (Å²) in [6.07, 6.45) is 4.11. The molecule has 1 heterocycles. The molecule has 3 rings (SSSR count). The number of hydrogen-bond acceptors (Lipinski definition) is 4. The molecule has 1 aliphatic heterocycles. The van der Waals surface area contributed by atoms with Crippen LogP contribution in [-0.2, 0) is 11.2 Å². The first-order chi connectivity index (χ1) is 11.7. The molecule has 0 spiro atoms. The summed E-state index contributed by atoms with van der Waals surface area (Å²) in [4.78, 5) is 11.9. The van der Waals surface area contributed by atoms with Crippen molar-refractivity contribution in [1.29, 1.82) is 0 Å². The summed E-state index contributed by atoms with van der Waals surface area (Å²) in [5.41, 5.74) is 8.04. The number of carbonyl (C=O) groups is 1. The topological polar surface area (TPSA) is 59.6 Å². The molecule has 2 aromatic rings. The SMILES string of the molecule is COc1ccc(Cl)c(NNC(=O)/C=C/c2ccc3c(c2)CCO3)c1. The van der Waals surface area contributed by atoms with Gasteiger partial charge in [0.2, 0.25) is 0 Å². The lowest BCUT2D eigenvalue weighted by atomic mass is 10.1. The molecule has 0 atom stereocenters. The number of nitrogens with one attached hydrogen (secondary N) is 2. The van der Waals surface area contributed by atoms with E-state index in [0.29, 0.717) is 23.1 Å². The monoisotopic (exact) mass is 344 g/mol. The summed E-state index contributed by atoms with van der Waals surface area (Å²) in [5, 5.41) is 0.485. The molecule has 0 unspecified atom stereocenters. The maximum Gasteiger partial charge on any atom is 0.262 e. The molecule has 2 aromatic carbocycles. The number of methoxy groups -OCH3 is 1. The highest BCUT2D eigenvalue weighted by atomic mass is 35.5. The Labute approximate surface area is 145 Å². The molecule has 6 heteroatoms. The lowest BCUT2D eigenvalue weighted by Crippen LogP contribution is -2.27. The summed E-state index contributed by atoms with van der Waals surface area (Å²) in [6, 6.07) is 11.0. The molecule has 0 radical (unpaired) electrons. The zero-order valence-corrected chi connectivity index (χ0v) is 13.9. The molecular weight excluding hydrogens is 328 g/mol. The molecule has 0 saturated heterocycles. The second kappa shape index (κ2) is 7.27. The van der Waals surface area contributed by atoms with Gasteiger partial charge in [0.05, 0.1) is 24.4 Å². The van der Waals surface area contributed by atoms with Crippen molar-refractivity contribution in [2.75, 3.05) is 19.1 Å². The molecule has 0 fully saturated rings. The number of hydrogen-bond donors (Lipinski definition) is 2. The van der Waals surface area contributed by atoms with Crippen molar-refractivity contribution >= 4 is 29.3 Å². The molecule has 1 aliphatic rings. The van der Waals surface area contributed by atoms with Gasteiger partial charge in [-0.3, -0.25) is 15.6 Å².